The predicted molar refractivity (Wildman–Crippen MR) is 75.5 cm³/mol. The second-order valence-electron chi connectivity index (χ2n) is 3.98. The summed E-state index contributed by atoms with van der Waals surface area (Å²) in [6.45, 7) is 0.555. The van der Waals surface area contributed by atoms with Crippen LogP contribution in [0.25, 0.3) is 0 Å². The summed E-state index contributed by atoms with van der Waals surface area (Å²) in [7, 11) is 4.83. The number of nitrogens with one attached hydrogen (secondary N) is 1. The van der Waals surface area contributed by atoms with E-state index in [0.717, 1.165) is 17.1 Å². The average molecular weight is 275 g/mol. The topological polar surface area (TPSA) is 65.5 Å². The number of benzene rings is 1. The van der Waals surface area contributed by atoms with Gasteiger partial charge >= 0.3 is 0 Å². The van der Waals surface area contributed by atoms with Crippen LogP contribution in [0.3, 0.4) is 0 Å². The first-order chi connectivity index (χ1) is 9.76. The summed E-state index contributed by atoms with van der Waals surface area (Å²) in [4.78, 5) is 8.28. The third-order valence-electron chi connectivity index (χ3n) is 2.80. The fourth-order valence-corrected chi connectivity index (χ4v) is 1.69. The largest absolute Gasteiger partial charge is 0.497 e. The van der Waals surface area contributed by atoms with Crippen LogP contribution in [0.15, 0.2) is 30.6 Å². The molecule has 2 aromatic rings. The van der Waals surface area contributed by atoms with Crippen LogP contribution in [0.4, 0.5) is 5.95 Å². The Hall–Kier alpha value is -2.50. The van der Waals surface area contributed by atoms with E-state index >= 15 is 0 Å². The molecule has 20 heavy (non-hydrogen) atoms. The van der Waals surface area contributed by atoms with Crippen LogP contribution < -0.4 is 19.5 Å². The molecule has 0 aliphatic carbocycles. The van der Waals surface area contributed by atoms with Crippen molar-refractivity contribution in [3.63, 3.8) is 0 Å². The maximum absolute atomic E-state index is 5.33. The molecule has 106 valence electrons. The van der Waals surface area contributed by atoms with Crippen LogP contribution in [0.5, 0.6) is 17.2 Å². The molecule has 0 unspecified atom stereocenters. The monoisotopic (exact) mass is 275 g/mol. The molecule has 0 atom stereocenters. The third kappa shape index (κ3) is 3.28. The summed E-state index contributed by atoms with van der Waals surface area (Å²) in [5.74, 6) is 2.66. The summed E-state index contributed by atoms with van der Waals surface area (Å²) < 4.78 is 15.5. The van der Waals surface area contributed by atoms with Gasteiger partial charge in [-0.05, 0) is 12.1 Å². The van der Waals surface area contributed by atoms with Gasteiger partial charge in [0.25, 0.3) is 0 Å². The van der Waals surface area contributed by atoms with Crippen molar-refractivity contribution in [2.24, 2.45) is 0 Å². The average Bonchev–Trinajstić information content (AvgIpc) is 2.53. The van der Waals surface area contributed by atoms with Crippen molar-refractivity contribution in [2.75, 3.05) is 26.6 Å². The lowest BCUT2D eigenvalue weighted by atomic mass is 10.2. The second-order valence-corrected chi connectivity index (χ2v) is 3.98. The number of hydrogen-bond donors (Lipinski definition) is 1. The second kappa shape index (κ2) is 6.60. The molecule has 1 N–H and O–H groups in total. The number of hydrogen-bond acceptors (Lipinski definition) is 6. The van der Waals surface area contributed by atoms with E-state index in [1.165, 1.54) is 0 Å². The summed E-state index contributed by atoms with van der Waals surface area (Å²) >= 11 is 0. The first-order valence-electron chi connectivity index (χ1n) is 6.07. The standard InChI is InChI=1S/C14H17N3O3/c1-18-11-5-4-10(13(6-11)20-3)7-15-14-16-8-12(19-2)9-17-14/h4-6,8-9H,7H2,1-3H3,(H,15,16,17). The molecule has 0 saturated carbocycles. The highest BCUT2D eigenvalue weighted by atomic mass is 16.5. The van der Waals surface area contributed by atoms with Crippen molar-refractivity contribution < 1.29 is 14.2 Å². The van der Waals surface area contributed by atoms with E-state index in [-0.39, 0.29) is 0 Å². The minimum atomic E-state index is 0.531. The Bertz CT molecular complexity index is 558. The molecule has 6 nitrogen and oxygen atoms in total. The van der Waals surface area contributed by atoms with E-state index in [0.29, 0.717) is 18.2 Å². The highest BCUT2D eigenvalue weighted by Crippen LogP contribution is 2.25. The van der Waals surface area contributed by atoms with Gasteiger partial charge in [0.05, 0.1) is 33.7 Å². The quantitative estimate of drug-likeness (QED) is 0.871. The van der Waals surface area contributed by atoms with E-state index in [1.54, 1.807) is 33.7 Å². The Morgan fingerprint density at radius 1 is 0.950 bits per heavy atom. The van der Waals surface area contributed by atoms with Gasteiger partial charge in [-0.2, -0.15) is 0 Å². The Kier molecular flexibility index (Phi) is 4.60. The molecule has 0 aliphatic rings. The molecule has 0 aliphatic heterocycles. The van der Waals surface area contributed by atoms with Gasteiger partial charge in [-0.15, -0.1) is 0 Å². The fraction of sp³-hybridized carbons (Fsp3) is 0.286. The SMILES string of the molecule is COc1cnc(NCc2ccc(OC)cc2OC)nc1. The molecule has 1 aromatic heterocycles. The zero-order valence-electron chi connectivity index (χ0n) is 11.7. The summed E-state index contributed by atoms with van der Waals surface area (Å²) in [5.41, 5.74) is 0.993. The number of methoxy groups -OCH3 is 3. The lowest BCUT2D eigenvalue weighted by Crippen LogP contribution is -2.05. The van der Waals surface area contributed by atoms with Crippen molar-refractivity contribution in [2.45, 2.75) is 6.54 Å². The molecule has 0 bridgehead atoms. The van der Waals surface area contributed by atoms with Gasteiger partial charge in [-0.1, -0.05) is 0 Å². The smallest absolute Gasteiger partial charge is 0.223 e. The summed E-state index contributed by atoms with van der Waals surface area (Å²) in [6.07, 6.45) is 3.22. The van der Waals surface area contributed by atoms with Gasteiger partial charge < -0.3 is 19.5 Å². The predicted octanol–water partition coefficient (Wildman–Crippen LogP) is 2.11. The minimum Gasteiger partial charge on any atom is -0.497 e. The van der Waals surface area contributed by atoms with Gasteiger partial charge in [0.2, 0.25) is 5.95 Å². The molecule has 0 saturated heterocycles. The van der Waals surface area contributed by atoms with Crippen molar-refractivity contribution in [1.29, 1.82) is 0 Å². The van der Waals surface area contributed by atoms with Crippen LogP contribution in [0.1, 0.15) is 5.56 Å². The molecule has 1 heterocycles. The van der Waals surface area contributed by atoms with Crippen molar-refractivity contribution in [1.82, 2.24) is 9.97 Å². The molecule has 6 heteroatoms. The van der Waals surface area contributed by atoms with Gasteiger partial charge in [0, 0.05) is 18.2 Å². The minimum absolute atomic E-state index is 0.531. The summed E-state index contributed by atoms with van der Waals surface area (Å²) in [6, 6.07) is 5.66. The maximum Gasteiger partial charge on any atom is 0.223 e. The summed E-state index contributed by atoms with van der Waals surface area (Å²) in [5, 5.41) is 3.13. The van der Waals surface area contributed by atoms with Crippen molar-refractivity contribution in [3.05, 3.63) is 36.2 Å². The van der Waals surface area contributed by atoms with Crippen LogP contribution in [0.2, 0.25) is 0 Å². The lowest BCUT2D eigenvalue weighted by molar-refractivity contribution is 0.391. The molecular weight excluding hydrogens is 258 g/mol. The van der Waals surface area contributed by atoms with Crippen molar-refractivity contribution >= 4 is 5.95 Å². The van der Waals surface area contributed by atoms with Crippen LogP contribution in [-0.2, 0) is 6.54 Å². The Labute approximate surface area is 117 Å². The highest BCUT2D eigenvalue weighted by molar-refractivity contribution is 5.42. The first kappa shape index (κ1) is 13.9. The molecule has 0 amide bonds. The molecule has 1 aromatic carbocycles. The zero-order valence-corrected chi connectivity index (χ0v) is 11.7. The van der Waals surface area contributed by atoms with E-state index in [4.69, 9.17) is 14.2 Å². The number of ether oxygens (including phenoxy) is 3. The van der Waals surface area contributed by atoms with Gasteiger partial charge in [0.15, 0.2) is 5.75 Å². The molecule has 0 spiro atoms. The normalized spacial score (nSPS) is 9.95. The zero-order chi connectivity index (χ0) is 14.4. The van der Waals surface area contributed by atoms with Crippen LogP contribution in [0, 0.1) is 0 Å². The van der Waals surface area contributed by atoms with Gasteiger partial charge in [0.1, 0.15) is 11.5 Å². The molecule has 0 fully saturated rings. The van der Waals surface area contributed by atoms with E-state index < -0.39 is 0 Å². The highest BCUT2D eigenvalue weighted by Gasteiger charge is 2.05. The number of rotatable bonds is 6. The van der Waals surface area contributed by atoms with E-state index in [9.17, 15) is 0 Å². The Morgan fingerprint density at radius 3 is 2.25 bits per heavy atom. The molecule has 0 radical (unpaired) electrons. The maximum atomic E-state index is 5.33. The number of nitrogens with zero attached hydrogens (tertiary/aromatic N) is 2. The van der Waals surface area contributed by atoms with E-state index in [2.05, 4.69) is 15.3 Å². The fourth-order valence-electron chi connectivity index (χ4n) is 1.69. The van der Waals surface area contributed by atoms with Crippen LogP contribution >= 0.6 is 0 Å². The van der Waals surface area contributed by atoms with Gasteiger partial charge in [-0.25, -0.2) is 9.97 Å². The molecule has 2 rings (SSSR count). The Morgan fingerprint density at radius 2 is 1.65 bits per heavy atom. The molecular formula is C14H17N3O3. The number of anilines is 1. The Balaban J connectivity index is 2.05. The number of aromatic nitrogens is 2. The lowest BCUT2D eigenvalue weighted by Gasteiger charge is -2.11. The van der Waals surface area contributed by atoms with E-state index in [1.807, 2.05) is 18.2 Å². The third-order valence-corrected chi connectivity index (χ3v) is 2.80. The van der Waals surface area contributed by atoms with Crippen molar-refractivity contribution in [3.8, 4) is 17.2 Å². The van der Waals surface area contributed by atoms with Gasteiger partial charge in [-0.3, -0.25) is 0 Å². The van der Waals surface area contributed by atoms with Crippen LogP contribution in [-0.4, -0.2) is 31.3 Å². The first-order valence-corrected chi connectivity index (χ1v) is 6.07.